The number of aromatic nitrogens is 1. The molecule has 1 aromatic heterocycles. The van der Waals surface area contributed by atoms with Gasteiger partial charge in [-0.15, -0.1) is 11.3 Å². The Bertz CT molecular complexity index is 749. The van der Waals surface area contributed by atoms with E-state index in [0.29, 0.717) is 4.88 Å². The molecule has 1 aliphatic heterocycles. The van der Waals surface area contributed by atoms with Gasteiger partial charge in [0.25, 0.3) is 5.91 Å². The summed E-state index contributed by atoms with van der Waals surface area (Å²) in [6, 6.07) is 5.96. The van der Waals surface area contributed by atoms with Crippen molar-refractivity contribution in [3.8, 4) is 0 Å². The Morgan fingerprint density at radius 3 is 2.73 bits per heavy atom. The summed E-state index contributed by atoms with van der Waals surface area (Å²) in [7, 11) is 0. The molecule has 22 heavy (non-hydrogen) atoms. The van der Waals surface area contributed by atoms with E-state index in [9.17, 15) is 4.79 Å². The maximum absolute atomic E-state index is 12.5. The standard InChI is InChI=1S/C17H20N2O2S/c1-9-15(22-11(3)18-9)16(20)19-13-8-6-7-12-14(13)10(2)21-17(12,4)5/h6-8,10H,1-5H3,(H,19,20). The van der Waals surface area contributed by atoms with E-state index in [4.69, 9.17) is 4.74 Å². The topological polar surface area (TPSA) is 51.2 Å². The number of amides is 1. The van der Waals surface area contributed by atoms with Crippen molar-refractivity contribution in [1.29, 1.82) is 0 Å². The number of nitrogens with one attached hydrogen (secondary N) is 1. The van der Waals surface area contributed by atoms with Gasteiger partial charge in [0.1, 0.15) is 4.88 Å². The number of hydrogen-bond donors (Lipinski definition) is 1. The lowest BCUT2D eigenvalue weighted by Gasteiger charge is -2.19. The minimum absolute atomic E-state index is 0.0363. The smallest absolute Gasteiger partial charge is 0.267 e. The summed E-state index contributed by atoms with van der Waals surface area (Å²) in [5, 5.41) is 3.93. The van der Waals surface area contributed by atoms with Crippen LogP contribution in [0.4, 0.5) is 5.69 Å². The zero-order valence-corrected chi connectivity index (χ0v) is 14.3. The molecule has 1 unspecified atom stereocenters. The number of benzene rings is 1. The fourth-order valence-corrected chi connectivity index (χ4v) is 3.94. The third-order valence-corrected chi connectivity index (χ3v) is 5.06. The lowest BCUT2D eigenvalue weighted by atomic mass is 9.93. The number of aryl methyl sites for hydroxylation is 2. The summed E-state index contributed by atoms with van der Waals surface area (Å²) in [4.78, 5) is 17.5. The molecule has 1 aromatic carbocycles. The van der Waals surface area contributed by atoms with Gasteiger partial charge in [0.15, 0.2) is 0 Å². The average molecular weight is 316 g/mol. The molecule has 2 aromatic rings. The van der Waals surface area contributed by atoms with Crippen LogP contribution in [0.15, 0.2) is 18.2 Å². The molecule has 0 fully saturated rings. The van der Waals surface area contributed by atoms with Gasteiger partial charge in [-0.05, 0) is 46.2 Å². The van der Waals surface area contributed by atoms with E-state index in [1.54, 1.807) is 0 Å². The van der Waals surface area contributed by atoms with Crippen LogP contribution in [-0.2, 0) is 10.3 Å². The maximum Gasteiger partial charge on any atom is 0.267 e. The summed E-state index contributed by atoms with van der Waals surface area (Å²) in [5.74, 6) is -0.103. The molecule has 0 spiro atoms. The SMILES string of the molecule is Cc1nc(C)c(C(=O)Nc2cccc3c2C(C)OC3(C)C)s1. The molecule has 0 aliphatic carbocycles. The zero-order chi connectivity index (χ0) is 16.1. The lowest BCUT2D eigenvalue weighted by Crippen LogP contribution is -2.15. The fraction of sp³-hybridized carbons (Fsp3) is 0.412. The monoisotopic (exact) mass is 316 g/mol. The van der Waals surface area contributed by atoms with E-state index in [2.05, 4.69) is 30.2 Å². The Labute approximate surface area is 134 Å². The van der Waals surface area contributed by atoms with Crippen molar-refractivity contribution in [2.24, 2.45) is 0 Å². The molecule has 2 heterocycles. The van der Waals surface area contributed by atoms with Gasteiger partial charge in [-0.2, -0.15) is 0 Å². The van der Waals surface area contributed by atoms with Gasteiger partial charge in [-0.3, -0.25) is 4.79 Å². The van der Waals surface area contributed by atoms with Crippen LogP contribution >= 0.6 is 11.3 Å². The predicted molar refractivity (Wildman–Crippen MR) is 88.5 cm³/mol. The van der Waals surface area contributed by atoms with Crippen LogP contribution in [0, 0.1) is 13.8 Å². The Morgan fingerprint density at radius 2 is 2.09 bits per heavy atom. The Kier molecular flexibility index (Phi) is 3.57. The van der Waals surface area contributed by atoms with Crippen LogP contribution in [0.5, 0.6) is 0 Å². The number of ether oxygens (including phenoxy) is 1. The number of rotatable bonds is 2. The zero-order valence-electron chi connectivity index (χ0n) is 13.5. The van der Waals surface area contributed by atoms with Crippen LogP contribution in [0.25, 0.3) is 0 Å². The molecular formula is C17H20N2O2S. The number of fused-ring (bicyclic) bond motifs is 1. The van der Waals surface area contributed by atoms with Gasteiger partial charge in [-0.25, -0.2) is 4.98 Å². The van der Waals surface area contributed by atoms with Crippen LogP contribution in [0.2, 0.25) is 0 Å². The molecule has 1 aliphatic rings. The molecule has 0 saturated carbocycles. The largest absolute Gasteiger partial charge is 0.363 e. The van der Waals surface area contributed by atoms with Gasteiger partial charge >= 0.3 is 0 Å². The van der Waals surface area contributed by atoms with Crippen molar-refractivity contribution < 1.29 is 9.53 Å². The van der Waals surface area contributed by atoms with Crippen LogP contribution < -0.4 is 5.32 Å². The normalized spacial score (nSPS) is 19.0. The highest BCUT2D eigenvalue weighted by Gasteiger charge is 2.37. The molecule has 4 nitrogen and oxygen atoms in total. The molecule has 1 N–H and O–H groups in total. The second-order valence-corrected chi connectivity index (χ2v) is 7.34. The highest BCUT2D eigenvalue weighted by Crippen LogP contribution is 2.46. The van der Waals surface area contributed by atoms with Crippen molar-refractivity contribution in [3.63, 3.8) is 0 Å². The molecule has 0 saturated heterocycles. The molecule has 5 heteroatoms. The summed E-state index contributed by atoms with van der Waals surface area (Å²) < 4.78 is 6.01. The molecule has 3 rings (SSSR count). The van der Waals surface area contributed by atoms with Crippen molar-refractivity contribution in [2.75, 3.05) is 5.32 Å². The third-order valence-electron chi connectivity index (χ3n) is 3.99. The molecule has 0 bridgehead atoms. The second kappa shape index (κ2) is 5.18. The number of anilines is 1. The van der Waals surface area contributed by atoms with Gasteiger partial charge in [0.05, 0.1) is 22.4 Å². The van der Waals surface area contributed by atoms with E-state index in [1.807, 2.05) is 32.9 Å². The molecular weight excluding hydrogens is 296 g/mol. The number of hydrogen-bond acceptors (Lipinski definition) is 4. The van der Waals surface area contributed by atoms with Gasteiger partial charge < -0.3 is 10.1 Å². The highest BCUT2D eigenvalue weighted by atomic mass is 32.1. The third kappa shape index (κ3) is 2.44. The highest BCUT2D eigenvalue weighted by molar-refractivity contribution is 7.13. The number of carbonyl (C=O) groups is 1. The van der Waals surface area contributed by atoms with Gasteiger partial charge in [-0.1, -0.05) is 12.1 Å². The first-order valence-corrected chi connectivity index (χ1v) is 8.18. The van der Waals surface area contributed by atoms with Crippen LogP contribution in [0.1, 0.15) is 58.4 Å². The van der Waals surface area contributed by atoms with Crippen LogP contribution in [-0.4, -0.2) is 10.9 Å². The van der Waals surface area contributed by atoms with Gasteiger partial charge in [0.2, 0.25) is 0 Å². The van der Waals surface area contributed by atoms with Crippen molar-refractivity contribution in [1.82, 2.24) is 4.98 Å². The summed E-state index contributed by atoms with van der Waals surface area (Å²) >= 11 is 1.42. The number of nitrogens with zero attached hydrogens (tertiary/aromatic N) is 1. The van der Waals surface area contributed by atoms with Gasteiger partial charge in [0, 0.05) is 11.3 Å². The molecule has 1 atom stereocenters. The predicted octanol–water partition coefficient (Wildman–Crippen LogP) is 4.34. The first kappa shape index (κ1) is 15.2. The Hall–Kier alpha value is -1.72. The quantitative estimate of drug-likeness (QED) is 0.896. The van der Waals surface area contributed by atoms with Crippen molar-refractivity contribution in [3.05, 3.63) is 44.9 Å². The Balaban J connectivity index is 1.96. The molecule has 116 valence electrons. The van der Waals surface area contributed by atoms with E-state index < -0.39 is 0 Å². The number of carbonyl (C=O) groups excluding carboxylic acids is 1. The molecule has 0 radical (unpaired) electrons. The minimum atomic E-state index is -0.327. The summed E-state index contributed by atoms with van der Waals surface area (Å²) in [6.45, 7) is 9.90. The second-order valence-electron chi connectivity index (χ2n) is 6.14. The maximum atomic E-state index is 12.5. The first-order valence-electron chi connectivity index (χ1n) is 7.36. The fourth-order valence-electron chi connectivity index (χ4n) is 3.12. The Morgan fingerprint density at radius 1 is 1.36 bits per heavy atom. The van der Waals surface area contributed by atoms with Crippen molar-refractivity contribution in [2.45, 2.75) is 46.3 Å². The van der Waals surface area contributed by atoms with Crippen LogP contribution in [0.3, 0.4) is 0 Å². The first-order chi connectivity index (χ1) is 10.3. The minimum Gasteiger partial charge on any atom is -0.363 e. The lowest BCUT2D eigenvalue weighted by molar-refractivity contribution is -0.0433. The average Bonchev–Trinajstić information content (AvgIpc) is 2.87. The summed E-state index contributed by atoms with van der Waals surface area (Å²) in [6.07, 6.45) is -0.0363. The van der Waals surface area contributed by atoms with E-state index in [1.165, 1.54) is 11.3 Å². The van der Waals surface area contributed by atoms with E-state index in [0.717, 1.165) is 27.5 Å². The number of thiazole rings is 1. The summed E-state index contributed by atoms with van der Waals surface area (Å²) in [5.41, 5.74) is 3.48. The van der Waals surface area contributed by atoms with E-state index >= 15 is 0 Å². The van der Waals surface area contributed by atoms with Crippen molar-refractivity contribution >= 4 is 22.9 Å². The molecule has 1 amide bonds. The van der Waals surface area contributed by atoms with E-state index in [-0.39, 0.29) is 17.6 Å².